The molecule has 138 valence electrons. The number of imide groups is 1. The van der Waals surface area contributed by atoms with Crippen molar-refractivity contribution in [3.63, 3.8) is 0 Å². The molecular formula is C19H21ClN2O4. The minimum atomic E-state index is -0.293. The molecule has 3 rings (SSSR count). The van der Waals surface area contributed by atoms with E-state index in [4.69, 9.17) is 16.3 Å². The number of allylic oxidation sites excluding steroid dienone is 2. The van der Waals surface area contributed by atoms with Gasteiger partial charge in [0.25, 0.3) is 0 Å². The van der Waals surface area contributed by atoms with Gasteiger partial charge in [0.05, 0.1) is 24.6 Å². The zero-order valence-electron chi connectivity index (χ0n) is 14.8. The summed E-state index contributed by atoms with van der Waals surface area (Å²) in [5.41, 5.74) is 1.32. The molecule has 7 heteroatoms. The van der Waals surface area contributed by atoms with Gasteiger partial charge in [-0.1, -0.05) is 23.8 Å². The van der Waals surface area contributed by atoms with Crippen LogP contribution in [0.2, 0.25) is 5.02 Å². The first-order chi connectivity index (χ1) is 12.4. The molecule has 0 saturated carbocycles. The number of ether oxygens (including phenoxy) is 1. The Morgan fingerprint density at radius 2 is 1.85 bits per heavy atom. The van der Waals surface area contributed by atoms with Crippen molar-refractivity contribution in [2.45, 2.75) is 26.2 Å². The molecular weight excluding hydrogens is 356 g/mol. The molecule has 6 nitrogen and oxygen atoms in total. The SMILES string of the molecule is COc1cc(Cl)c(C)cc1NC(=O)CCN1C(=O)[C@H]2CC=CC[C@@H]2C1=O. The lowest BCUT2D eigenvalue weighted by molar-refractivity contribution is -0.140. The lowest BCUT2D eigenvalue weighted by Crippen LogP contribution is -2.34. The summed E-state index contributed by atoms with van der Waals surface area (Å²) in [5.74, 6) is -0.712. The predicted octanol–water partition coefficient (Wildman–Crippen LogP) is 2.94. The van der Waals surface area contributed by atoms with Gasteiger partial charge >= 0.3 is 0 Å². The van der Waals surface area contributed by atoms with E-state index >= 15 is 0 Å². The Labute approximate surface area is 157 Å². The van der Waals surface area contributed by atoms with Crippen LogP contribution in [0.3, 0.4) is 0 Å². The van der Waals surface area contributed by atoms with Crippen molar-refractivity contribution in [2.75, 3.05) is 19.0 Å². The van der Waals surface area contributed by atoms with Crippen LogP contribution in [0.15, 0.2) is 24.3 Å². The van der Waals surface area contributed by atoms with Crippen LogP contribution in [0, 0.1) is 18.8 Å². The maximum atomic E-state index is 12.4. The number of hydrogen-bond donors (Lipinski definition) is 1. The van der Waals surface area contributed by atoms with E-state index in [2.05, 4.69) is 5.32 Å². The van der Waals surface area contributed by atoms with Crippen molar-refractivity contribution in [3.05, 3.63) is 34.9 Å². The number of likely N-dealkylation sites (tertiary alicyclic amines) is 1. The molecule has 1 aliphatic heterocycles. The Morgan fingerprint density at radius 3 is 2.42 bits per heavy atom. The number of rotatable bonds is 5. The van der Waals surface area contributed by atoms with E-state index in [0.717, 1.165) is 5.56 Å². The van der Waals surface area contributed by atoms with E-state index in [1.54, 1.807) is 12.1 Å². The standard InChI is InChI=1S/C19H21ClN2O4/c1-11-9-15(16(26-2)10-14(11)20)21-17(23)7-8-22-18(24)12-5-3-4-6-13(12)19(22)25/h3-4,9-10,12-13H,5-8H2,1-2H3,(H,21,23)/t12-,13-/m0/s1. The third-order valence-corrected chi connectivity index (χ3v) is 5.32. The van der Waals surface area contributed by atoms with Gasteiger partial charge in [0.2, 0.25) is 17.7 Å². The van der Waals surface area contributed by atoms with Gasteiger partial charge in [-0.25, -0.2) is 0 Å². The van der Waals surface area contributed by atoms with E-state index in [1.807, 2.05) is 19.1 Å². The number of methoxy groups -OCH3 is 1. The van der Waals surface area contributed by atoms with Gasteiger partial charge in [0.1, 0.15) is 5.75 Å². The number of fused-ring (bicyclic) bond motifs is 1. The highest BCUT2D eigenvalue weighted by molar-refractivity contribution is 6.31. The predicted molar refractivity (Wildman–Crippen MR) is 98.1 cm³/mol. The Balaban J connectivity index is 1.62. The fraction of sp³-hybridized carbons (Fsp3) is 0.421. The molecule has 1 fully saturated rings. The highest BCUT2D eigenvalue weighted by Crippen LogP contribution is 2.35. The van der Waals surface area contributed by atoms with Gasteiger partial charge in [0, 0.05) is 24.1 Å². The minimum absolute atomic E-state index is 0.0369. The molecule has 1 heterocycles. The monoisotopic (exact) mass is 376 g/mol. The third-order valence-electron chi connectivity index (χ3n) is 4.92. The largest absolute Gasteiger partial charge is 0.495 e. The molecule has 0 aromatic heterocycles. The normalized spacial score (nSPS) is 21.7. The number of amides is 3. The van der Waals surface area contributed by atoms with Gasteiger partial charge in [-0.2, -0.15) is 0 Å². The summed E-state index contributed by atoms with van der Waals surface area (Å²) in [6, 6.07) is 3.36. The van der Waals surface area contributed by atoms with Gasteiger partial charge in [-0.15, -0.1) is 0 Å². The molecule has 26 heavy (non-hydrogen) atoms. The van der Waals surface area contributed by atoms with Gasteiger partial charge in [0.15, 0.2) is 0 Å². The Bertz CT molecular complexity index is 764. The number of aryl methyl sites for hydroxylation is 1. The molecule has 1 saturated heterocycles. The van der Waals surface area contributed by atoms with Crippen molar-refractivity contribution >= 4 is 35.0 Å². The van der Waals surface area contributed by atoms with Crippen molar-refractivity contribution in [1.82, 2.24) is 4.90 Å². The lowest BCUT2D eigenvalue weighted by Gasteiger charge is -2.15. The second kappa shape index (κ2) is 7.50. The first-order valence-corrected chi connectivity index (χ1v) is 8.94. The van der Waals surface area contributed by atoms with Gasteiger partial charge in [-0.3, -0.25) is 19.3 Å². The summed E-state index contributed by atoms with van der Waals surface area (Å²) in [5, 5.41) is 3.31. The van der Waals surface area contributed by atoms with Crippen molar-refractivity contribution in [3.8, 4) is 5.75 Å². The van der Waals surface area contributed by atoms with Crippen LogP contribution in [0.1, 0.15) is 24.8 Å². The number of anilines is 1. The molecule has 3 amide bonds. The molecule has 2 aliphatic rings. The zero-order valence-corrected chi connectivity index (χ0v) is 15.5. The number of carbonyl (C=O) groups is 3. The minimum Gasteiger partial charge on any atom is -0.495 e. The average molecular weight is 377 g/mol. The quantitative estimate of drug-likeness (QED) is 0.633. The summed E-state index contributed by atoms with van der Waals surface area (Å²) in [6.07, 6.45) is 5.11. The first-order valence-electron chi connectivity index (χ1n) is 8.56. The molecule has 0 unspecified atom stereocenters. The Morgan fingerprint density at radius 1 is 1.23 bits per heavy atom. The fourth-order valence-corrected chi connectivity index (χ4v) is 3.60. The Hall–Kier alpha value is -2.34. The first kappa shape index (κ1) is 18.5. The number of hydrogen-bond acceptors (Lipinski definition) is 4. The smallest absolute Gasteiger partial charge is 0.233 e. The molecule has 0 radical (unpaired) electrons. The zero-order chi connectivity index (χ0) is 18.8. The topological polar surface area (TPSA) is 75.7 Å². The van der Waals surface area contributed by atoms with Crippen LogP contribution in [-0.4, -0.2) is 36.3 Å². The van der Waals surface area contributed by atoms with Crippen LogP contribution < -0.4 is 10.1 Å². The summed E-state index contributed by atoms with van der Waals surface area (Å²) < 4.78 is 5.23. The van der Waals surface area contributed by atoms with Crippen LogP contribution in [0.4, 0.5) is 5.69 Å². The van der Waals surface area contributed by atoms with E-state index < -0.39 is 0 Å². The van der Waals surface area contributed by atoms with Crippen LogP contribution in [0.25, 0.3) is 0 Å². The van der Waals surface area contributed by atoms with Gasteiger partial charge < -0.3 is 10.1 Å². The van der Waals surface area contributed by atoms with Crippen LogP contribution >= 0.6 is 11.6 Å². The summed E-state index contributed by atoms with van der Waals surface area (Å²) in [6.45, 7) is 1.92. The third kappa shape index (κ3) is 3.46. The van der Waals surface area contributed by atoms with E-state index in [9.17, 15) is 14.4 Å². The number of nitrogens with zero attached hydrogens (tertiary/aromatic N) is 1. The molecule has 1 aromatic carbocycles. The van der Waals surface area contributed by atoms with Crippen molar-refractivity contribution < 1.29 is 19.1 Å². The van der Waals surface area contributed by atoms with Gasteiger partial charge in [-0.05, 0) is 31.4 Å². The number of nitrogens with one attached hydrogen (secondary N) is 1. The number of benzene rings is 1. The maximum absolute atomic E-state index is 12.4. The fourth-order valence-electron chi connectivity index (χ4n) is 3.45. The van der Waals surface area contributed by atoms with Crippen molar-refractivity contribution in [2.24, 2.45) is 11.8 Å². The van der Waals surface area contributed by atoms with Crippen LogP contribution in [0.5, 0.6) is 5.75 Å². The Kier molecular flexibility index (Phi) is 5.32. The molecule has 1 N–H and O–H groups in total. The maximum Gasteiger partial charge on any atom is 0.233 e. The number of halogens is 1. The second-order valence-electron chi connectivity index (χ2n) is 6.58. The average Bonchev–Trinajstić information content (AvgIpc) is 2.87. The van der Waals surface area contributed by atoms with E-state index in [1.165, 1.54) is 12.0 Å². The molecule has 0 bridgehead atoms. The number of carbonyl (C=O) groups excluding carboxylic acids is 3. The summed E-state index contributed by atoms with van der Waals surface area (Å²) >= 11 is 6.06. The highest BCUT2D eigenvalue weighted by Gasteiger charge is 2.46. The highest BCUT2D eigenvalue weighted by atomic mass is 35.5. The van der Waals surface area contributed by atoms with Crippen molar-refractivity contribution in [1.29, 1.82) is 0 Å². The van der Waals surface area contributed by atoms with E-state index in [0.29, 0.717) is 29.3 Å². The van der Waals surface area contributed by atoms with E-state index in [-0.39, 0.29) is 42.5 Å². The lowest BCUT2D eigenvalue weighted by atomic mass is 9.85. The van der Waals surface area contributed by atoms with Crippen LogP contribution in [-0.2, 0) is 14.4 Å². The summed E-state index contributed by atoms with van der Waals surface area (Å²) in [7, 11) is 1.49. The second-order valence-corrected chi connectivity index (χ2v) is 6.99. The molecule has 2 atom stereocenters. The molecule has 1 aliphatic carbocycles. The molecule has 0 spiro atoms. The molecule has 1 aromatic rings. The summed E-state index contributed by atoms with van der Waals surface area (Å²) in [4.78, 5) is 38.3.